The van der Waals surface area contributed by atoms with Crippen LogP contribution in [0.2, 0.25) is 0 Å². The van der Waals surface area contributed by atoms with Crippen molar-refractivity contribution in [1.82, 2.24) is 4.72 Å². The van der Waals surface area contributed by atoms with E-state index in [0.29, 0.717) is 6.54 Å². The van der Waals surface area contributed by atoms with Crippen LogP contribution in [-0.4, -0.2) is 16.3 Å². The molecule has 3 N–H and O–H groups in total. The lowest BCUT2D eigenvalue weighted by Gasteiger charge is -2.20. The summed E-state index contributed by atoms with van der Waals surface area (Å²) in [5.41, 5.74) is 7.49. The van der Waals surface area contributed by atoms with Crippen molar-refractivity contribution >= 4 is 15.9 Å². The highest BCUT2D eigenvalue weighted by molar-refractivity contribution is 7.93. The van der Waals surface area contributed by atoms with E-state index < -0.39 is 11.0 Å². The van der Waals surface area contributed by atoms with E-state index in [0.717, 1.165) is 16.0 Å². The minimum atomic E-state index is -1.16. The first-order valence-corrected chi connectivity index (χ1v) is 7.40. The van der Waals surface area contributed by atoms with Crippen molar-refractivity contribution in [2.45, 2.75) is 33.2 Å². The molecule has 3 nitrogen and oxygen atoms in total. The van der Waals surface area contributed by atoms with Crippen LogP contribution in [0.4, 0.5) is 0 Å². The molecule has 1 aromatic rings. The third-order valence-corrected chi connectivity index (χ3v) is 4.35. The van der Waals surface area contributed by atoms with E-state index in [1.165, 1.54) is 0 Å². The second kappa shape index (κ2) is 6.27. The van der Waals surface area contributed by atoms with Gasteiger partial charge in [0.2, 0.25) is 0 Å². The summed E-state index contributed by atoms with van der Waals surface area (Å²) in [6, 6.07) is 9.76. The standard InChI is InChI=1S/C12H16N2OS.C2H6/c1-12(2)10(8-13)11(16(15)14-12)9-6-4-3-5-7-9;1-2/h3-7,14H,8,13H2,1-2H3;1-2H3. The second-order valence-corrected chi connectivity index (χ2v) is 5.52. The Morgan fingerprint density at radius 1 is 1.22 bits per heavy atom. The van der Waals surface area contributed by atoms with Crippen molar-refractivity contribution in [2.24, 2.45) is 5.73 Å². The normalized spacial score (nSPS) is 21.5. The van der Waals surface area contributed by atoms with Gasteiger partial charge in [0.25, 0.3) is 0 Å². The lowest BCUT2D eigenvalue weighted by Crippen LogP contribution is -2.38. The molecule has 18 heavy (non-hydrogen) atoms. The van der Waals surface area contributed by atoms with Crippen LogP contribution in [0.15, 0.2) is 35.9 Å². The summed E-state index contributed by atoms with van der Waals surface area (Å²) in [4.78, 5) is 0.841. The Hall–Kier alpha value is -0.970. The summed E-state index contributed by atoms with van der Waals surface area (Å²) in [6.07, 6.45) is 0. The molecule has 1 atom stereocenters. The van der Waals surface area contributed by atoms with Crippen LogP contribution >= 0.6 is 0 Å². The summed E-state index contributed by atoms with van der Waals surface area (Å²) in [7, 11) is -1.16. The second-order valence-electron chi connectivity index (χ2n) is 4.37. The molecule has 0 saturated carbocycles. The van der Waals surface area contributed by atoms with Gasteiger partial charge >= 0.3 is 0 Å². The molecule has 1 unspecified atom stereocenters. The Kier molecular flexibility index (Phi) is 5.26. The van der Waals surface area contributed by atoms with Crippen LogP contribution in [-0.2, 0) is 11.0 Å². The first-order valence-electron chi connectivity index (χ1n) is 6.25. The molecular weight excluding hydrogens is 244 g/mol. The quantitative estimate of drug-likeness (QED) is 0.864. The summed E-state index contributed by atoms with van der Waals surface area (Å²) in [5, 5.41) is 0. The fourth-order valence-corrected chi connectivity index (χ4v) is 3.56. The Morgan fingerprint density at radius 3 is 2.28 bits per heavy atom. The number of hydrogen-bond donors (Lipinski definition) is 2. The Labute approximate surface area is 112 Å². The van der Waals surface area contributed by atoms with E-state index in [9.17, 15) is 4.21 Å². The first kappa shape index (κ1) is 15.1. The van der Waals surface area contributed by atoms with Gasteiger partial charge in [-0.25, -0.2) is 8.93 Å². The van der Waals surface area contributed by atoms with E-state index in [1.54, 1.807) is 0 Å². The fourth-order valence-electron chi connectivity index (χ4n) is 1.96. The Morgan fingerprint density at radius 2 is 1.78 bits per heavy atom. The zero-order chi connectivity index (χ0) is 13.8. The van der Waals surface area contributed by atoms with Crippen LogP contribution in [0.5, 0.6) is 0 Å². The molecule has 0 amide bonds. The zero-order valence-electron chi connectivity index (χ0n) is 11.5. The maximum Gasteiger partial charge on any atom is 0.126 e. The number of nitrogens with one attached hydrogen (secondary N) is 1. The third-order valence-electron chi connectivity index (χ3n) is 2.80. The van der Waals surface area contributed by atoms with E-state index in [4.69, 9.17) is 5.73 Å². The molecule has 0 fully saturated rings. The number of nitrogens with two attached hydrogens (primary N) is 1. The summed E-state index contributed by atoms with van der Waals surface area (Å²) in [5.74, 6) is 0. The lowest BCUT2D eigenvalue weighted by atomic mass is 9.93. The van der Waals surface area contributed by atoms with E-state index in [-0.39, 0.29) is 5.54 Å². The predicted molar refractivity (Wildman–Crippen MR) is 79.1 cm³/mol. The molecule has 0 saturated heterocycles. The minimum absolute atomic E-state index is 0.287. The number of benzene rings is 1. The average molecular weight is 266 g/mol. The highest BCUT2D eigenvalue weighted by atomic mass is 32.2. The molecule has 1 heterocycles. The van der Waals surface area contributed by atoms with Gasteiger partial charge in [-0.3, -0.25) is 0 Å². The van der Waals surface area contributed by atoms with E-state index >= 15 is 0 Å². The smallest absolute Gasteiger partial charge is 0.126 e. The van der Waals surface area contributed by atoms with Gasteiger partial charge in [0, 0.05) is 12.1 Å². The SMILES string of the molecule is CC.CC1(C)NS(=O)C(c2ccccc2)=C1CN. The third kappa shape index (κ3) is 2.88. The maximum absolute atomic E-state index is 12.0. The number of rotatable bonds is 2. The van der Waals surface area contributed by atoms with E-state index in [2.05, 4.69) is 4.72 Å². The molecule has 100 valence electrons. The highest BCUT2D eigenvalue weighted by Crippen LogP contribution is 2.34. The van der Waals surface area contributed by atoms with Gasteiger partial charge in [-0.15, -0.1) is 0 Å². The van der Waals surface area contributed by atoms with Gasteiger partial charge in [0.15, 0.2) is 0 Å². The monoisotopic (exact) mass is 266 g/mol. The van der Waals surface area contributed by atoms with E-state index in [1.807, 2.05) is 58.0 Å². The van der Waals surface area contributed by atoms with Crippen LogP contribution in [0.25, 0.3) is 4.91 Å². The maximum atomic E-state index is 12.0. The molecule has 0 radical (unpaired) electrons. The first-order chi connectivity index (χ1) is 8.56. The average Bonchev–Trinajstić information content (AvgIpc) is 2.61. The van der Waals surface area contributed by atoms with Gasteiger partial charge in [-0.2, -0.15) is 0 Å². The Balaban J connectivity index is 0.000000771. The van der Waals surface area contributed by atoms with Crippen molar-refractivity contribution in [1.29, 1.82) is 0 Å². The molecule has 0 aromatic heterocycles. The molecule has 2 rings (SSSR count). The van der Waals surface area contributed by atoms with Crippen LogP contribution < -0.4 is 10.5 Å². The van der Waals surface area contributed by atoms with Crippen molar-refractivity contribution in [2.75, 3.05) is 6.54 Å². The van der Waals surface area contributed by atoms with Crippen LogP contribution in [0.1, 0.15) is 33.3 Å². The number of hydrogen-bond acceptors (Lipinski definition) is 2. The highest BCUT2D eigenvalue weighted by Gasteiger charge is 2.36. The van der Waals surface area contributed by atoms with Crippen molar-refractivity contribution in [3.05, 3.63) is 41.5 Å². The molecule has 0 bridgehead atoms. The lowest BCUT2D eigenvalue weighted by molar-refractivity contribution is 0.556. The summed E-state index contributed by atoms with van der Waals surface area (Å²) < 4.78 is 15.1. The molecular formula is C14H22N2OS. The van der Waals surface area contributed by atoms with Crippen LogP contribution in [0, 0.1) is 0 Å². The molecule has 0 spiro atoms. The van der Waals surface area contributed by atoms with Gasteiger partial charge in [-0.1, -0.05) is 44.2 Å². The summed E-state index contributed by atoms with van der Waals surface area (Å²) >= 11 is 0. The fraction of sp³-hybridized carbons (Fsp3) is 0.429. The molecule has 4 heteroatoms. The largest absolute Gasteiger partial charge is 0.327 e. The molecule has 1 aliphatic heterocycles. The molecule has 1 aliphatic rings. The summed E-state index contributed by atoms with van der Waals surface area (Å²) in [6.45, 7) is 8.43. The molecule has 0 aliphatic carbocycles. The predicted octanol–water partition coefficient (Wildman–Crippen LogP) is 2.43. The minimum Gasteiger partial charge on any atom is -0.327 e. The Bertz CT molecular complexity index is 452. The van der Waals surface area contributed by atoms with Gasteiger partial charge in [0.1, 0.15) is 11.0 Å². The van der Waals surface area contributed by atoms with Crippen molar-refractivity contribution < 1.29 is 4.21 Å². The van der Waals surface area contributed by atoms with Crippen molar-refractivity contribution in [3.8, 4) is 0 Å². The van der Waals surface area contributed by atoms with Gasteiger partial charge in [0.05, 0.1) is 4.91 Å². The van der Waals surface area contributed by atoms with Crippen molar-refractivity contribution in [3.63, 3.8) is 0 Å². The molecule has 1 aromatic carbocycles. The van der Waals surface area contributed by atoms with Gasteiger partial charge < -0.3 is 5.73 Å². The van der Waals surface area contributed by atoms with Gasteiger partial charge in [-0.05, 0) is 25.0 Å². The van der Waals surface area contributed by atoms with Crippen LogP contribution in [0.3, 0.4) is 0 Å². The zero-order valence-corrected chi connectivity index (χ0v) is 12.3. The topological polar surface area (TPSA) is 55.1 Å².